The van der Waals surface area contributed by atoms with Gasteiger partial charge in [0.2, 0.25) is 11.8 Å². The molecule has 120 valence electrons. The van der Waals surface area contributed by atoms with Crippen LogP contribution < -0.4 is 15.4 Å². The molecule has 7 heteroatoms. The lowest BCUT2D eigenvalue weighted by Gasteiger charge is -2.07. The van der Waals surface area contributed by atoms with Gasteiger partial charge in [0.1, 0.15) is 5.75 Å². The predicted molar refractivity (Wildman–Crippen MR) is 80.7 cm³/mol. The van der Waals surface area contributed by atoms with Crippen LogP contribution in [0.5, 0.6) is 5.75 Å². The van der Waals surface area contributed by atoms with E-state index in [4.69, 9.17) is 9.84 Å². The summed E-state index contributed by atoms with van der Waals surface area (Å²) >= 11 is 0. The number of hydrogen-bond donors (Lipinski definition) is 3. The summed E-state index contributed by atoms with van der Waals surface area (Å²) in [4.78, 5) is 33.3. The lowest BCUT2D eigenvalue weighted by atomic mass is 10.2. The molecule has 3 N–H and O–H groups in total. The van der Waals surface area contributed by atoms with Crippen molar-refractivity contribution in [3.8, 4) is 5.75 Å². The third-order valence-electron chi connectivity index (χ3n) is 2.68. The fourth-order valence-electron chi connectivity index (χ4n) is 1.70. The summed E-state index contributed by atoms with van der Waals surface area (Å²) in [6.07, 6.45) is 1.06. The van der Waals surface area contributed by atoms with E-state index in [1.807, 2.05) is 6.92 Å². The molecule has 0 heterocycles. The lowest BCUT2D eigenvalue weighted by molar-refractivity contribution is -0.139. The number of carbonyl (C=O) groups is 3. The van der Waals surface area contributed by atoms with Crippen LogP contribution in [0.3, 0.4) is 0 Å². The summed E-state index contributed by atoms with van der Waals surface area (Å²) in [5, 5.41) is 13.9. The molecule has 7 nitrogen and oxygen atoms in total. The molecule has 0 aliphatic carbocycles. The number of amides is 2. The number of benzene rings is 1. The Morgan fingerprint density at radius 3 is 2.32 bits per heavy atom. The second-order valence-electron chi connectivity index (χ2n) is 4.56. The predicted octanol–water partition coefficient (Wildman–Crippen LogP) is 1.39. The first-order chi connectivity index (χ1) is 10.5. The molecule has 0 bridgehead atoms. The molecule has 1 aromatic rings. The van der Waals surface area contributed by atoms with Gasteiger partial charge in [0.25, 0.3) is 0 Å². The molecule has 0 fully saturated rings. The highest BCUT2D eigenvalue weighted by Crippen LogP contribution is 2.16. The lowest BCUT2D eigenvalue weighted by Crippen LogP contribution is -2.22. The van der Waals surface area contributed by atoms with E-state index >= 15 is 0 Å². The van der Waals surface area contributed by atoms with Crippen LogP contribution in [0.1, 0.15) is 26.2 Å². The average Bonchev–Trinajstić information content (AvgIpc) is 2.46. The molecule has 0 spiro atoms. The monoisotopic (exact) mass is 308 g/mol. The van der Waals surface area contributed by atoms with Gasteiger partial charge in [0.05, 0.1) is 0 Å². The Morgan fingerprint density at radius 2 is 1.73 bits per heavy atom. The summed E-state index contributed by atoms with van der Waals surface area (Å²) < 4.78 is 4.98. The molecule has 0 atom stereocenters. The van der Waals surface area contributed by atoms with Crippen LogP contribution in [0, 0.1) is 0 Å². The molecule has 0 aromatic heterocycles. The van der Waals surface area contributed by atoms with E-state index in [0.29, 0.717) is 30.8 Å². The van der Waals surface area contributed by atoms with Crippen molar-refractivity contribution in [1.29, 1.82) is 0 Å². The normalized spacial score (nSPS) is 9.86. The number of rotatable bonds is 9. The van der Waals surface area contributed by atoms with Crippen molar-refractivity contribution in [2.24, 2.45) is 0 Å². The Morgan fingerprint density at radius 1 is 1.09 bits per heavy atom. The number of carboxylic acids is 1. The maximum Gasteiger partial charge on any atom is 0.341 e. The van der Waals surface area contributed by atoms with Crippen molar-refractivity contribution < 1.29 is 24.2 Å². The molecule has 1 rings (SSSR count). The molecular formula is C15H20N2O5. The summed E-state index contributed by atoms with van der Waals surface area (Å²) in [7, 11) is 0. The highest BCUT2D eigenvalue weighted by molar-refractivity contribution is 5.91. The van der Waals surface area contributed by atoms with Gasteiger partial charge in [-0.05, 0) is 37.6 Å². The number of nitrogens with one attached hydrogen (secondary N) is 2. The van der Waals surface area contributed by atoms with Crippen LogP contribution in [0.15, 0.2) is 24.3 Å². The van der Waals surface area contributed by atoms with Crippen molar-refractivity contribution in [1.82, 2.24) is 5.32 Å². The van der Waals surface area contributed by atoms with Gasteiger partial charge < -0.3 is 20.5 Å². The zero-order chi connectivity index (χ0) is 16.4. The van der Waals surface area contributed by atoms with Crippen LogP contribution in [0.25, 0.3) is 0 Å². The van der Waals surface area contributed by atoms with Gasteiger partial charge in [-0.2, -0.15) is 0 Å². The van der Waals surface area contributed by atoms with Gasteiger partial charge in [-0.15, -0.1) is 0 Å². The molecule has 0 radical (unpaired) electrons. The summed E-state index contributed by atoms with van der Waals surface area (Å²) in [6, 6.07) is 6.40. The summed E-state index contributed by atoms with van der Waals surface area (Å²) in [5.74, 6) is -0.875. The first-order valence-corrected chi connectivity index (χ1v) is 7.02. The third-order valence-corrected chi connectivity index (χ3v) is 2.68. The standard InChI is InChI=1S/C15H20N2O5/c1-2-16-13(18)4-3-5-14(19)17-11-6-8-12(9-7-11)22-10-15(20)21/h6-9H,2-5,10H2,1H3,(H,16,18)(H,17,19)(H,20,21). The van der Waals surface area contributed by atoms with Gasteiger partial charge in [-0.25, -0.2) is 4.79 Å². The topological polar surface area (TPSA) is 105 Å². The first-order valence-electron chi connectivity index (χ1n) is 7.02. The molecule has 0 saturated carbocycles. The van der Waals surface area contributed by atoms with Gasteiger partial charge in [0.15, 0.2) is 6.61 Å². The number of aliphatic carboxylic acids is 1. The zero-order valence-corrected chi connectivity index (χ0v) is 12.4. The fourth-order valence-corrected chi connectivity index (χ4v) is 1.70. The van der Waals surface area contributed by atoms with Crippen molar-refractivity contribution >= 4 is 23.5 Å². The van der Waals surface area contributed by atoms with Crippen molar-refractivity contribution in [3.63, 3.8) is 0 Å². The molecule has 2 amide bonds. The molecule has 0 aliphatic rings. The van der Waals surface area contributed by atoms with E-state index in [9.17, 15) is 14.4 Å². The Hall–Kier alpha value is -2.57. The van der Waals surface area contributed by atoms with Gasteiger partial charge >= 0.3 is 5.97 Å². The van der Waals surface area contributed by atoms with Crippen LogP contribution in [0.4, 0.5) is 5.69 Å². The maximum absolute atomic E-state index is 11.7. The van der Waals surface area contributed by atoms with Crippen molar-refractivity contribution in [3.05, 3.63) is 24.3 Å². The number of carbonyl (C=O) groups excluding carboxylic acids is 2. The van der Waals surface area contributed by atoms with E-state index in [1.54, 1.807) is 24.3 Å². The molecular weight excluding hydrogens is 288 g/mol. The number of ether oxygens (including phenoxy) is 1. The zero-order valence-electron chi connectivity index (χ0n) is 12.4. The van der Waals surface area contributed by atoms with E-state index in [2.05, 4.69) is 10.6 Å². The molecule has 22 heavy (non-hydrogen) atoms. The van der Waals surface area contributed by atoms with Crippen molar-refractivity contribution in [2.45, 2.75) is 26.2 Å². The van der Waals surface area contributed by atoms with Crippen LogP contribution in [0.2, 0.25) is 0 Å². The number of anilines is 1. The molecule has 0 saturated heterocycles. The number of hydrogen-bond acceptors (Lipinski definition) is 4. The first kappa shape index (κ1) is 17.5. The van der Waals surface area contributed by atoms with E-state index < -0.39 is 12.6 Å². The smallest absolute Gasteiger partial charge is 0.341 e. The third kappa shape index (κ3) is 7.28. The molecule has 0 aliphatic heterocycles. The van der Waals surface area contributed by atoms with E-state index in [-0.39, 0.29) is 18.2 Å². The average molecular weight is 308 g/mol. The Balaban J connectivity index is 2.32. The van der Waals surface area contributed by atoms with Gasteiger partial charge in [-0.1, -0.05) is 0 Å². The highest BCUT2D eigenvalue weighted by Gasteiger charge is 2.05. The second kappa shape index (κ2) is 9.38. The fraction of sp³-hybridized carbons (Fsp3) is 0.400. The van der Waals surface area contributed by atoms with Crippen molar-refractivity contribution in [2.75, 3.05) is 18.5 Å². The van der Waals surface area contributed by atoms with Crippen LogP contribution >= 0.6 is 0 Å². The second-order valence-corrected chi connectivity index (χ2v) is 4.56. The van der Waals surface area contributed by atoms with Gasteiger partial charge in [-0.3, -0.25) is 9.59 Å². The van der Waals surface area contributed by atoms with E-state index in [0.717, 1.165) is 0 Å². The Kier molecular flexibility index (Phi) is 7.45. The van der Waals surface area contributed by atoms with Crippen LogP contribution in [-0.4, -0.2) is 36.0 Å². The highest BCUT2D eigenvalue weighted by atomic mass is 16.5. The van der Waals surface area contributed by atoms with E-state index in [1.165, 1.54) is 0 Å². The molecule has 1 aromatic carbocycles. The SMILES string of the molecule is CCNC(=O)CCCC(=O)Nc1ccc(OCC(=O)O)cc1. The minimum absolute atomic E-state index is 0.0600. The molecule has 0 unspecified atom stereocenters. The minimum atomic E-state index is -1.05. The Bertz CT molecular complexity index is 513. The minimum Gasteiger partial charge on any atom is -0.482 e. The maximum atomic E-state index is 11.7. The number of carboxylic acid groups (broad SMARTS) is 1. The van der Waals surface area contributed by atoms with Gasteiger partial charge in [0, 0.05) is 25.1 Å². The summed E-state index contributed by atoms with van der Waals surface area (Å²) in [6.45, 7) is 2.02. The largest absolute Gasteiger partial charge is 0.482 e. The Labute approximate surface area is 128 Å². The summed E-state index contributed by atoms with van der Waals surface area (Å²) in [5.41, 5.74) is 0.589. The quantitative estimate of drug-likeness (QED) is 0.639. The van der Waals surface area contributed by atoms with Crippen LogP contribution in [-0.2, 0) is 14.4 Å².